The topological polar surface area (TPSA) is 83.7 Å². The minimum Gasteiger partial charge on any atom is -0.330 e. The quantitative estimate of drug-likeness (QED) is 0.883. The van der Waals surface area contributed by atoms with Gasteiger partial charge in [-0.25, -0.2) is 12.7 Å². The normalized spacial score (nSPS) is 23.8. The van der Waals surface area contributed by atoms with Crippen molar-refractivity contribution < 1.29 is 13.2 Å². The number of anilines is 1. The SMILES string of the molecule is CN(C)S(=O)(=O)c1ccc2c(c1)N(C(=O)[C@@H]1CCC[C@@H]1CN)CC2. The predicted molar refractivity (Wildman–Crippen MR) is 93.3 cm³/mol. The molecule has 2 atom stereocenters. The predicted octanol–water partition coefficient (Wildman–Crippen LogP) is 1.20. The molecule has 1 amide bonds. The van der Waals surface area contributed by atoms with Gasteiger partial charge in [0.25, 0.3) is 0 Å². The van der Waals surface area contributed by atoms with E-state index in [0.29, 0.717) is 13.1 Å². The summed E-state index contributed by atoms with van der Waals surface area (Å²) in [6.45, 7) is 1.15. The first-order chi connectivity index (χ1) is 11.4. The molecule has 1 saturated carbocycles. The Balaban J connectivity index is 1.92. The summed E-state index contributed by atoms with van der Waals surface area (Å²) in [5.41, 5.74) is 7.59. The van der Waals surface area contributed by atoms with E-state index in [0.717, 1.165) is 36.9 Å². The third-order valence-corrected chi connectivity index (χ3v) is 7.09. The molecule has 6 nitrogen and oxygen atoms in total. The van der Waals surface area contributed by atoms with Crippen molar-refractivity contribution in [3.8, 4) is 0 Å². The molecule has 0 unspecified atom stereocenters. The van der Waals surface area contributed by atoms with E-state index in [-0.39, 0.29) is 22.6 Å². The van der Waals surface area contributed by atoms with E-state index in [9.17, 15) is 13.2 Å². The maximum absolute atomic E-state index is 13.0. The second-order valence-electron chi connectivity index (χ2n) is 6.85. The first-order valence-corrected chi connectivity index (χ1v) is 9.87. The summed E-state index contributed by atoms with van der Waals surface area (Å²) in [4.78, 5) is 15.0. The number of sulfonamides is 1. The number of nitrogens with two attached hydrogens (primary N) is 1. The molecule has 0 aromatic heterocycles. The molecule has 1 aliphatic heterocycles. The molecule has 1 aliphatic carbocycles. The van der Waals surface area contributed by atoms with Gasteiger partial charge in [-0.1, -0.05) is 12.5 Å². The Morgan fingerprint density at radius 1 is 1.33 bits per heavy atom. The number of rotatable bonds is 4. The third kappa shape index (κ3) is 2.85. The Labute approximate surface area is 143 Å². The smallest absolute Gasteiger partial charge is 0.242 e. The Morgan fingerprint density at radius 2 is 2.08 bits per heavy atom. The van der Waals surface area contributed by atoms with Crippen LogP contribution in [0.15, 0.2) is 23.1 Å². The summed E-state index contributed by atoms with van der Waals surface area (Å²) in [7, 11) is -0.487. The van der Waals surface area contributed by atoms with Crippen LogP contribution in [0.1, 0.15) is 24.8 Å². The van der Waals surface area contributed by atoms with Crippen LogP contribution in [0.2, 0.25) is 0 Å². The summed E-state index contributed by atoms with van der Waals surface area (Å²) in [6.07, 6.45) is 3.68. The van der Waals surface area contributed by atoms with Gasteiger partial charge in [0.1, 0.15) is 0 Å². The van der Waals surface area contributed by atoms with Crippen molar-refractivity contribution >= 4 is 21.6 Å². The van der Waals surface area contributed by atoms with Crippen LogP contribution in [-0.2, 0) is 21.2 Å². The molecule has 0 radical (unpaired) electrons. The highest BCUT2D eigenvalue weighted by atomic mass is 32.2. The molecule has 7 heteroatoms. The molecule has 2 N–H and O–H groups in total. The van der Waals surface area contributed by atoms with E-state index in [2.05, 4.69) is 0 Å². The Morgan fingerprint density at radius 3 is 2.75 bits per heavy atom. The van der Waals surface area contributed by atoms with Crippen molar-refractivity contribution in [1.29, 1.82) is 0 Å². The lowest BCUT2D eigenvalue weighted by atomic mass is 9.94. The average molecular weight is 351 g/mol. The van der Waals surface area contributed by atoms with Gasteiger partial charge in [-0.3, -0.25) is 4.79 Å². The van der Waals surface area contributed by atoms with Gasteiger partial charge < -0.3 is 10.6 Å². The summed E-state index contributed by atoms with van der Waals surface area (Å²) in [5, 5.41) is 0. The van der Waals surface area contributed by atoms with Crippen molar-refractivity contribution in [2.75, 3.05) is 32.1 Å². The first-order valence-electron chi connectivity index (χ1n) is 8.43. The monoisotopic (exact) mass is 351 g/mol. The van der Waals surface area contributed by atoms with Gasteiger partial charge in [0.15, 0.2) is 0 Å². The fraction of sp³-hybridized carbons (Fsp3) is 0.588. The maximum atomic E-state index is 13.0. The zero-order valence-electron chi connectivity index (χ0n) is 14.2. The van der Waals surface area contributed by atoms with Gasteiger partial charge in [-0.15, -0.1) is 0 Å². The van der Waals surface area contributed by atoms with Crippen LogP contribution in [0.5, 0.6) is 0 Å². The molecule has 24 heavy (non-hydrogen) atoms. The van der Waals surface area contributed by atoms with Gasteiger partial charge in [-0.2, -0.15) is 0 Å². The number of benzene rings is 1. The fourth-order valence-corrected chi connectivity index (χ4v) is 4.73. The number of hydrogen-bond acceptors (Lipinski definition) is 4. The zero-order valence-corrected chi connectivity index (χ0v) is 15.1. The summed E-state index contributed by atoms with van der Waals surface area (Å²) in [6, 6.07) is 5.09. The van der Waals surface area contributed by atoms with Crippen LogP contribution in [-0.4, -0.2) is 45.8 Å². The summed E-state index contributed by atoms with van der Waals surface area (Å²) >= 11 is 0. The van der Waals surface area contributed by atoms with Gasteiger partial charge in [0.05, 0.1) is 4.90 Å². The molecule has 132 valence electrons. The highest BCUT2D eigenvalue weighted by Gasteiger charge is 2.37. The van der Waals surface area contributed by atoms with Crippen molar-refractivity contribution in [3.63, 3.8) is 0 Å². The van der Waals surface area contributed by atoms with E-state index in [1.807, 2.05) is 6.07 Å². The van der Waals surface area contributed by atoms with E-state index >= 15 is 0 Å². The highest BCUT2D eigenvalue weighted by Crippen LogP contribution is 2.37. The zero-order chi connectivity index (χ0) is 17.5. The van der Waals surface area contributed by atoms with Crippen LogP contribution in [0.25, 0.3) is 0 Å². The molecule has 0 spiro atoms. The standard InChI is InChI=1S/C17H25N3O3S/c1-19(2)24(22,23)14-7-6-12-8-9-20(16(12)10-14)17(21)15-5-3-4-13(15)11-18/h6-7,10,13,15H,3-5,8-9,11,18H2,1-2H3/t13-,15-/m1/s1. The molecular formula is C17H25N3O3S. The molecule has 2 aliphatic rings. The summed E-state index contributed by atoms with van der Waals surface area (Å²) < 4.78 is 25.9. The highest BCUT2D eigenvalue weighted by molar-refractivity contribution is 7.89. The van der Waals surface area contributed by atoms with Gasteiger partial charge in [-0.05, 0) is 49.4 Å². The molecule has 1 fully saturated rings. The fourth-order valence-electron chi connectivity index (χ4n) is 3.80. The largest absolute Gasteiger partial charge is 0.330 e. The lowest BCUT2D eigenvalue weighted by molar-refractivity contribution is -0.123. The minimum absolute atomic E-state index is 0.0323. The minimum atomic E-state index is -3.51. The lowest BCUT2D eigenvalue weighted by Gasteiger charge is -2.25. The van der Waals surface area contributed by atoms with Crippen LogP contribution < -0.4 is 10.6 Å². The maximum Gasteiger partial charge on any atom is 0.242 e. The molecule has 1 heterocycles. The number of fused-ring (bicyclic) bond motifs is 1. The van der Waals surface area contributed by atoms with Crippen molar-refractivity contribution in [1.82, 2.24) is 4.31 Å². The number of amides is 1. The second-order valence-corrected chi connectivity index (χ2v) is 9.00. The van der Waals surface area contributed by atoms with Crippen molar-refractivity contribution in [2.24, 2.45) is 17.6 Å². The van der Waals surface area contributed by atoms with Gasteiger partial charge in [0, 0.05) is 32.2 Å². The van der Waals surface area contributed by atoms with E-state index in [1.165, 1.54) is 18.4 Å². The molecule has 3 rings (SSSR count). The Bertz CT molecular complexity index is 745. The molecule has 1 aromatic carbocycles. The Kier molecular flexibility index (Phi) is 4.68. The second kappa shape index (κ2) is 6.46. The van der Waals surface area contributed by atoms with Crippen molar-refractivity contribution in [3.05, 3.63) is 23.8 Å². The van der Waals surface area contributed by atoms with E-state index in [1.54, 1.807) is 17.0 Å². The lowest BCUT2D eigenvalue weighted by Crippen LogP contribution is -2.38. The first kappa shape index (κ1) is 17.4. The molecule has 0 bridgehead atoms. The molecular weight excluding hydrogens is 326 g/mol. The number of hydrogen-bond donors (Lipinski definition) is 1. The Hall–Kier alpha value is -1.44. The van der Waals surface area contributed by atoms with Crippen LogP contribution in [0.3, 0.4) is 0 Å². The van der Waals surface area contributed by atoms with Crippen molar-refractivity contribution in [2.45, 2.75) is 30.6 Å². The number of carbonyl (C=O) groups excluding carboxylic acids is 1. The molecule has 1 aromatic rings. The number of nitrogens with zero attached hydrogens (tertiary/aromatic N) is 2. The summed E-state index contributed by atoms with van der Waals surface area (Å²) in [5.74, 6) is 0.311. The van der Waals surface area contributed by atoms with Crippen LogP contribution in [0.4, 0.5) is 5.69 Å². The van der Waals surface area contributed by atoms with E-state index < -0.39 is 10.0 Å². The van der Waals surface area contributed by atoms with Crippen LogP contribution >= 0.6 is 0 Å². The van der Waals surface area contributed by atoms with E-state index in [4.69, 9.17) is 5.73 Å². The third-order valence-electron chi connectivity index (χ3n) is 5.28. The average Bonchev–Trinajstić information content (AvgIpc) is 3.19. The van der Waals surface area contributed by atoms with Gasteiger partial charge in [0.2, 0.25) is 15.9 Å². The van der Waals surface area contributed by atoms with Gasteiger partial charge >= 0.3 is 0 Å². The number of carbonyl (C=O) groups is 1. The van der Waals surface area contributed by atoms with Crippen LogP contribution in [0, 0.1) is 11.8 Å². The molecule has 0 saturated heterocycles.